The third-order valence-electron chi connectivity index (χ3n) is 3.84. The molecule has 0 fully saturated rings. The molecule has 0 aliphatic carbocycles. The monoisotopic (exact) mass is 421 g/mol. The molecule has 0 saturated heterocycles. The standard InChI is InChI=1S/C18H19N3O5S2/c1-27(22,23)18-4-2-3-16(11-18)26-15-5-7-17(8-6-15)28(24,25)21-10-9-14-12-19-13-20-14/h2-8,11-13,21H,9-10H2,1H3,(H,19,20). The van der Waals surface area contributed by atoms with Crippen molar-refractivity contribution in [3.8, 4) is 11.5 Å². The number of sulfone groups is 1. The van der Waals surface area contributed by atoms with E-state index in [1.165, 1.54) is 42.7 Å². The van der Waals surface area contributed by atoms with Crippen molar-refractivity contribution in [2.45, 2.75) is 16.2 Å². The van der Waals surface area contributed by atoms with E-state index >= 15 is 0 Å². The number of sulfonamides is 1. The molecule has 10 heteroatoms. The van der Waals surface area contributed by atoms with Crippen LogP contribution in [0.5, 0.6) is 11.5 Å². The van der Waals surface area contributed by atoms with Crippen molar-refractivity contribution in [2.75, 3.05) is 12.8 Å². The highest BCUT2D eigenvalue weighted by Gasteiger charge is 2.14. The number of nitrogens with one attached hydrogen (secondary N) is 2. The number of nitrogens with zero attached hydrogens (tertiary/aromatic N) is 1. The molecule has 0 amide bonds. The third kappa shape index (κ3) is 5.18. The molecule has 1 heterocycles. The Morgan fingerprint density at radius 3 is 2.39 bits per heavy atom. The van der Waals surface area contributed by atoms with E-state index in [0.29, 0.717) is 17.9 Å². The molecule has 8 nitrogen and oxygen atoms in total. The van der Waals surface area contributed by atoms with Crippen LogP contribution in [0.25, 0.3) is 0 Å². The van der Waals surface area contributed by atoms with Gasteiger partial charge in [-0.05, 0) is 42.5 Å². The summed E-state index contributed by atoms with van der Waals surface area (Å²) >= 11 is 0. The SMILES string of the molecule is CS(=O)(=O)c1cccc(Oc2ccc(S(=O)(=O)NCCc3cnc[nH]3)cc2)c1. The molecule has 2 N–H and O–H groups in total. The summed E-state index contributed by atoms with van der Waals surface area (Å²) in [5.41, 5.74) is 0.836. The molecular formula is C18H19N3O5S2. The zero-order valence-corrected chi connectivity index (χ0v) is 16.6. The number of hydrogen-bond donors (Lipinski definition) is 2. The summed E-state index contributed by atoms with van der Waals surface area (Å²) in [5, 5.41) is 0. The average molecular weight is 422 g/mol. The molecule has 0 spiro atoms. The van der Waals surface area contributed by atoms with Gasteiger partial charge in [-0.3, -0.25) is 0 Å². The fourth-order valence-corrected chi connectivity index (χ4v) is 4.10. The Morgan fingerprint density at radius 1 is 1.00 bits per heavy atom. The molecule has 3 aromatic rings. The Bertz CT molecular complexity index is 1140. The first-order chi connectivity index (χ1) is 13.2. The fourth-order valence-electron chi connectivity index (χ4n) is 2.42. The summed E-state index contributed by atoms with van der Waals surface area (Å²) in [6, 6.07) is 12.0. The lowest BCUT2D eigenvalue weighted by Gasteiger charge is -2.09. The van der Waals surface area contributed by atoms with E-state index < -0.39 is 19.9 Å². The van der Waals surface area contributed by atoms with Gasteiger partial charge in [0.1, 0.15) is 11.5 Å². The molecule has 0 radical (unpaired) electrons. The number of aromatic nitrogens is 2. The van der Waals surface area contributed by atoms with Gasteiger partial charge in [0.15, 0.2) is 9.84 Å². The summed E-state index contributed by atoms with van der Waals surface area (Å²) in [4.78, 5) is 7.04. The Balaban J connectivity index is 1.66. The van der Waals surface area contributed by atoms with Crippen LogP contribution < -0.4 is 9.46 Å². The van der Waals surface area contributed by atoms with Crippen molar-refractivity contribution in [1.82, 2.24) is 14.7 Å². The molecule has 2 aromatic carbocycles. The number of imidazole rings is 1. The molecule has 0 unspecified atom stereocenters. The molecule has 0 saturated carbocycles. The maximum Gasteiger partial charge on any atom is 0.240 e. The second kappa shape index (κ2) is 8.13. The van der Waals surface area contributed by atoms with Crippen LogP contribution in [0.4, 0.5) is 0 Å². The van der Waals surface area contributed by atoms with Gasteiger partial charge in [0.2, 0.25) is 10.0 Å². The van der Waals surface area contributed by atoms with Gasteiger partial charge in [0.05, 0.1) is 16.1 Å². The van der Waals surface area contributed by atoms with Gasteiger partial charge >= 0.3 is 0 Å². The summed E-state index contributed by atoms with van der Waals surface area (Å²) in [7, 11) is -6.99. The Labute approximate surface area is 163 Å². The largest absolute Gasteiger partial charge is 0.457 e. The predicted molar refractivity (Wildman–Crippen MR) is 104 cm³/mol. The van der Waals surface area contributed by atoms with Crippen molar-refractivity contribution in [3.63, 3.8) is 0 Å². The number of ether oxygens (including phenoxy) is 1. The van der Waals surface area contributed by atoms with Crippen LogP contribution in [0, 0.1) is 0 Å². The van der Waals surface area contributed by atoms with Gasteiger partial charge in [-0.15, -0.1) is 0 Å². The first-order valence-corrected chi connectivity index (χ1v) is 11.7. The first kappa shape index (κ1) is 20.1. The molecule has 28 heavy (non-hydrogen) atoms. The van der Waals surface area contributed by atoms with Gasteiger partial charge in [0, 0.05) is 31.1 Å². The molecule has 1 aromatic heterocycles. The minimum absolute atomic E-state index is 0.106. The van der Waals surface area contributed by atoms with Crippen molar-refractivity contribution in [1.29, 1.82) is 0 Å². The first-order valence-electron chi connectivity index (χ1n) is 8.29. The summed E-state index contributed by atoms with van der Waals surface area (Å²) in [6.07, 6.45) is 4.79. The smallest absolute Gasteiger partial charge is 0.240 e. The number of benzene rings is 2. The van der Waals surface area contributed by atoms with Crippen molar-refractivity contribution < 1.29 is 21.6 Å². The van der Waals surface area contributed by atoms with Crippen LogP contribution in [0.2, 0.25) is 0 Å². The zero-order chi connectivity index (χ0) is 20.2. The van der Waals surface area contributed by atoms with E-state index in [9.17, 15) is 16.8 Å². The molecule has 0 aliphatic heterocycles. The van der Waals surface area contributed by atoms with Crippen LogP contribution in [0.15, 0.2) is 70.8 Å². The van der Waals surface area contributed by atoms with Gasteiger partial charge in [-0.25, -0.2) is 26.5 Å². The third-order valence-corrected chi connectivity index (χ3v) is 6.43. The Hall–Kier alpha value is -2.69. The number of H-pyrrole nitrogens is 1. The lowest BCUT2D eigenvalue weighted by molar-refractivity contribution is 0.480. The van der Waals surface area contributed by atoms with E-state index in [4.69, 9.17) is 4.74 Å². The van der Waals surface area contributed by atoms with E-state index in [-0.39, 0.29) is 16.3 Å². The zero-order valence-electron chi connectivity index (χ0n) is 15.0. The Morgan fingerprint density at radius 2 is 1.75 bits per heavy atom. The van der Waals surface area contributed by atoms with Crippen molar-refractivity contribution in [3.05, 3.63) is 66.7 Å². The summed E-state index contributed by atoms with van der Waals surface area (Å²) in [5.74, 6) is 0.735. The lowest BCUT2D eigenvalue weighted by atomic mass is 10.3. The summed E-state index contributed by atoms with van der Waals surface area (Å²) in [6.45, 7) is 0.237. The topological polar surface area (TPSA) is 118 Å². The van der Waals surface area contributed by atoms with Crippen LogP contribution in [-0.4, -0.2) is 39.6 Å². The minimum Gasteiger partial charge on any atom is -0.457 e. The highest BCUT2D eigenvalue weighted by atomic mass is 32.2. The predicted octanol–water partition coefficient (Wildman–Crippen LogP) is 2.13. The molecule has 3 rings (SSSR count). The molecule has 0 bridgehead atoms. The molecule has 0 aliphatic rings. The quantitative estimate of drug-likeness (QED) is 0.575. The van der Waals surface area contributed by atoms with Gasteiger partial charge in [-0.2, -0.15) is 0 Å². The highest BCUT2D eigenvalue weighted by Crippen LogP contribution is 2.25. The van der Waals surface area contributed by atoms with Crippen LogP contribution in [-0.2, 0) is 26.3 Å². The molecule has 0 atom stereocenters. The van der Waals surface area contributed by atoms with Gasteiger partial charge in [-0.1, -0.05) is 6.07 Å². The molecular weight excluding hydrogens is 402 g/mol. The molecule has 148 valence electrons. The van der Waals surface area contributed by atoms with Crippen LogP contribution in [0.3, 0.4) is 0 Å². The Kier molecular flexibility index (Phi) is 5.82. The van der Waals surface area contributed by atoms with Crippen molar-refractivity contribution in [2.24, 2.45) is 0 Å². The second-order valence-electron chi connectivity index (χ2n) is 6.05. The van der Waals surface area contributed by atoms with Crippen LogP contribution >= 0.6 is 0 Å². The van der Waals surface area contributed by atoms with E-state index in [0.717, 1.165) is 11.9 Å². The second-order valence-corrected chi connectivity index (χ2v) is 9.83. The maximum atomic E-state index is 12.3. The number of rotatable bonds is 8. The maximum absolute atomic E-state index is 12.3. The van der Waals surface area contributed by atoms with Gasteiger partial charge < -0.3 is 9.72 Å². The fraction of sp³-hybridized carbons (Fsp3) is 0.167. The van der Waals surface area contributed by atoms with E-state index in [2.05, 4.69) is 14.7 Å². The van der Waals surface area contributed by atoms with E-state index in [1.54, 1.807) is 18.3 Å². The normalized spacial score (nSPS) is 12.0. The van der Waals surface area contributed by atoms with Crippen LogP contribution in [0.1, 0.15) is 5.69 Å². The number of hydrogen-bond acceptors (Lipinski definition) is 6. The van der Waals surface area contributed by atoms with E-state index in [1.807, 2.05) is 0 Å². The average Bonchev–Trinajstić information content (AvgIpc) is 3.15. The highest BCUT2D eigenvalue weighted by molar-refractivity contribution is 7.90. The summed E-state index contributed by atoms with van der Waals surface area (Å²) < 4.78 is 56.1. The lowest BCUT2D eigenvalue weighted by Crippen LogP contribution is -2.26. The minimum atomic E-state index is -3.65. The van der Waals surface area contributed by atoms with Crippen molar-refractivity contribution >= 4 is 19.9 Å². The number of aromatic amines is 1. The van der Waals surface area contributed by atoms with Gasteiger partial charge in [0.25, 0.3) is 0 Å².